The first-order valence-electron chi connectivity index (χ1n) is 9.11. The number of aryl methyl sites for hydroxylation is 1. The van der Waals surface area contributed by atoms with Crippen molar-refractivity contribution in [1.29, 1.82) is 0 Å². The lowest BCUT2D eigenvalue weighted by atomic mass is 10.0. The number of carbonyl (C=O) groups excluding carboxylic acids is 1. The Morgan fingerprint density at radius 1 is 1.37 bits per heavy atom. The van der Waals surface area contributed by atoms with Gasteiger partial charge in [0.1, 0.15) is 17.7 Å². The van der Waals surface area contributed by atoms with Crippen LogP contribution in [0, 0.1) is 6.42 Å². The van der Waals surface area contributed by atoms with Crippen molar-refractivity contribution in [2.75, 3.05) is 12.4 Å². The zero-order valence-electron chi connectivity index (χ0n) is 16.5. The van der Waals surface area contributed by atoms with E-state index in [0.717, 1.165) is 12.8 Å². The first-order valence-corrected chi connectivity index (χ1v) is 9.11. The van der Waals surface area contributed by atoms with Gasteiger partial charge in [-0.3, -0.25) is 9.48 Å². The van der Waals surface area contributed by atoms with Crippen LogP contribution in [0.1, 0.15) is 61.4 Å². The topological polar surface area (TPSA) is 74.0 Å². The van der Waals surface area contributed by atoms with Crippen molar-refractivity contribution in [2.24, 2.45) is 7.05 Å². The van der Waals surface area contributed by atoms with Crippen molar-refractivity contribution < 1.29 is 13.9 Å². The monoisotopic (exact) mass is 376 g/mol. The highest BCUT2D eigenvalue weighted by molar-refractivity contribution is 6.02. The molecule has 1 radical (unpaired) electrons. The maximum Gasteiger partial charge on any atom is 0.275 e. The summed E-state index contributed by atoms with van der Waals surface area (Å²) >= 11 is 0. The number of hydrogen-bond acceptors (Lipinski definition) is 4. The Kier molecular flexibility index (Phi) is 5.37. The Hall–Kier alpha value is -2.22. The van der Waals surface area contributed by atoms with E-state index >= 15 is 0 Å². The standard InChI is InChI=1S/C19H27FN5O2/c1-19(2,3)25-17(10-15(23-25)13-7-6-8-14(13)20)21-18(26)16-9-12(11-27-5)22-24(16)4/h8-10,13-14H,6-7,11H2,1-5H3,(H,21,26)/t13-,14+/m1/s1. The van der Waals surface area contributed by atoms with Crippen LogP contribution in [0.3, 0.4) is 0 Å². The van der Waals surface area contributed by atoms with Crippen LogP contribution in [0.5, 0.6) is 0 Å². The van der Waals surface area contributed by atoms with Crippen LogP contribution < -0.4 is 5.32 Å². The fraction of sp³-hybridized carbons (Fsp3) is 0.579. The molecule has 2 atom stereocenters. The molecule has 2 heterocycles. The molecule has 0 spiro atoms. The maximum atomic E-state index is 14.2. The van der Waals surface area contributed by atoms with Gasteiger partial charge in [0.15, 0.2) is 0 Å². The van der Waals surface area contributed by atoms with Gasteiger partial charge >= 0.3 is 0 Å². The van der Waals surface area contributed by atoms with Gasteiger partial charge in [-0.2, -0.15) is 10.2 Å². The van der Waals surface area contributed by atoms with Gasteiger partial charge in [0.05, 0.1) is 23.5 Å². The van der Waals surface area contributed by atoms with Gasteiger partial charge in [-0.05, 0) is 46.1 Å². The average Bonchev–Trinajstić information content (AvgIpc) is 3.26. The summed E-state index contributed by atoms with van der Waals surface area (Å²) in [5, 5.41) is 11.8. The molecule has 2 aromatic heterocycles. The van der Waals surface area contributed by atoms with E-state index in [9.17, 15) is 9.18 Å². The molecule has 8 heteroatoms. The Bertz CT molecular complexity index is 821. The third-order valence-corrected chi connectivity index (χ3v) is 4.69. The molecule has 0 unspecified atom stereocenters. The minimum Gasteiger partial charge on any atom is -0.378 e. The fourth-order valence-electron chi connectivity index (χ4n) is 3.39. The minimum atomic E-state index is -0.995. The zero-order chi connectivity index (χ0) is 19.8. The summed E-state index contributed by atoms with van der Waals surface area (Å²) in [6.07, 6.45) is 2.17. The van der Waals surface area contributed by atoms with Crippen LogP contribution in [-0.2, 0) is 23.9 Å². The predicted molar refractivity (Wildman–Crippen MR) is 100 cm³/mol. The van der Waals surface area contributed by atoms with Crippen LogP contribution in [0.2, 0.25) is 0 Å². The van der Waals surface area contributed by atoms with Crippen molar-refractivity contribution in [2.45, 2.75) is 57.8 Å². The Morgan fingerprint density at radius 3 is 2.70 bits per heavy atom. The highest BCUT2D eigenvalue weighted by Gasteiger charge is 2.33. The second-order valence-corrected chi connectivity index (χ2v) is 7.93. The molecule has 0 saturated heterocycles. The first kappa shape index (κ1) is 19.5. The van der Waals surface area contributed by atoms with Crippen molar-refractivity contribution in [1.82, 2.24) is 19.6 Å². The summed E-state index contributed by atoms with van der Waals surface area (Å²) in [5.74, 6) is 0.00411. The number of nitrogens with zero attached hydrogens (tertiary/aromatic N) is 4. The number of hydrogen-bond donors (Lipinski definition) is 1. The summed E-state index contributed by atoms with van der Waals surface area (Å²) in [5.41, 5.74) is 1.41. The highest BCUT2D eigenvalue weighted by atomic mass is 19.1. The van der Waals surface area contributed by atoms with E-state index in [4.69, 9.17) is 4.74 Å². The largest absolute Gasteiger partial charge is 0.378 e. The lowest BCUT2D eigenvalue weighted by Gasteiger charge is -2.22. The number of nitrogens with one attached hydrogen (secondary N) is 1. The van der Waals surface area contributed by atoms with Gasteiger partial charge in [0, 0.05) is 26.1 Å². The molecule has 1 N–H and O–H groups in total. The highest BCUT2D eigenvalue weighted by Crippen LogP contribution is 2.37. The molecule has 1 aliphatic rings. The number of alkyl halides is 1. The molecule has 2 aromatic rings. The summed E-state index contributed by atoms with van der Waals surface area (Å²) in [4.78, 5) is 12.8. The van der Waals surface area contributed by atoms with E-state index < -0.39 is 6.17 Å². The Labute approximate surface area is 158 Å². The molecule has 7 nitrogen and oxygen atoms in total. The number of carbonyl (C=O) groups is 1. The number of methoxy groups -OCH3 is 1. The summed E-state index contributed by atoms with van der Waals surface area (Å²) in [6, 6.07) is 3.48. The molecule has 1 saturated carbocycles. The second kappa shape index (κ2) is 7.42. The number of amides is 1. The van der Waals surface area contributed by atoms with Crippen LogP contribution in [0.4, 0.5) is 10.2 Å². The van der Waals surface area contributed by atoms with Crippen LogP contribution in [0.15, 0.2) is 12.1 Å². The molecule has 1 aliphatic carbocycles. The predicted octanol–water partition coefficient (Wildman–Crippen LogP) is 3.19. The molecular weight excluding hydrogens is 349 g/mol. The lowest BCUT2D eigenvalue weighted by Crippen LogP contribution is -2.27. The Morgan fingerprint density at radius 2 is 2.11 bits per heavy atom. The molecular formula is C19H27FN5O2. The molecule has 0 bridgehead atoms. The third kappa shape index (κ3) is 4.05. The van der Waals surface area contributed by atoms with Gasteiger partial charge in [-0.1, -0.05) is 0 Å². The summed E-state index contributed by atoms with van der Waals surface area (Å²) in [7, 11) is 3.29. The quantitative estimate of drug-likeness (QED) is 0.870. The maximum absolute atomic E-state index is 14.2. The van der Waals surface area contributed by atoms with Crippen LogP contribution in [-0.4, -0.2) is 38.7 Å². The molecule has 3 rings (SSSR count). The molecule has 0 aromatic carbocycles. The number of ether oxygens (including phenoxy) is 1. The first-order chi connectivity index (χ1) is 12.7. The molecule has 1 fully saturated rings. The summed E-state index contributed by atoms with van der Waals surface area (Å²) in [6.45, 7) is 6.32. The zero-order valence-corrected chi connectivity index (χ0v) is 16.5. The van der Waals surface area contributed by atoms with Gasteiger partial charge in [-0.25, -0.2) is 9.07 Å². The number of halogens is 1. The van der Waals surface area contributed by atoms with Crippen molar-refractivity contribution in [3.63, 3.8) is 0 Å². The molecule has 1 amide bonds. The summed E-state index contributed by atoms with van der Waals surface area (Å²) < 4.78 is 22.5. The number of anilines is 1. The molecule has 0 aliphatic heterocycles. The van der Waals surface area contributed by atoms with Gasteiger partial charge in [0.2, 0.25) is 0 Å². The van der Waals surface area contributed by atoms with E-state index in [1.54, 1.807) is 37.4 Å². The van der Waals surface area contributed by atoms with Crippen LogP contribution >= 0.6 is 0 Å². The molecule has 27 heavy (non-hydrogen) atoms. The smallest absolute Gasteiger partial charge is 0.275 e. The van der Waals surface area contributed by atoms with Crippen molar-refractivity contribution >= 4 is 11.7 Å². The average molecular weight is 376 g/mol. The van der Waals surface area contributed by atoms with Crippen molar-refractivity contribution in [3.05, 3.63) is 35.6 Å². The number of rotatable bonds is 5. The normalized spacial score (nSPS) is 20.2. The molecule has 147 valence electrons. The van der Waals surface area contributed by atoms with Crippen LogP contribution in [0.25, 0.3) is 0 Å². The van der Waals surface area contributed by atoms with Gasteiger partial charge < -0.3 is 10.1 Å². The van der Waals surface area contributed by atoms with Gasteiger partial charge in [0.25, 0.3) is 5.91 Å². The Balaban J connectivity index is 1.89. The van der Waals surface area contributed by atoms with Gasteiger partial charge in [-0.15, -0.1) is 0 Å². The van der Waals surface area contributed by atoms with E-state index in [0.29, 0.717) is 29.5 Å². The van der Waals surface area contributed by atoms with E-state index in [-0.39, 0.29) is 17.4 Å². The second-order valence-electron chi connectivity index (χ2n) is 7.93. The van der Waals surface area contributed by atoms with E-state index in [1.807, 2.05) is 20.8 Å². The SMILES string of the molecule is COCc1cc(C(=O)Nc2cc([C@@H]3CC[CH][C@@H]3F)nn2C(C)(C)C)n(C)n1. The van der Waals surface area contributed by atoms with E-state index in [1.165, 1.54) is 4.68 Å². The fourth-order valence-corrected chi connectivity index (χ4v) is 3.39. The minimum absolute atomic E-state index is 0.255. The van der Waals surface area contributed by atoms with Crippen molar-refractivity contribution in [3.8, 4) is 0 Å². The third-order valence-electron chi connectivity index (χ3n) is 4.69. The van der Waals surface area contributed by atoms with E-state index in [2.05, 4.69) is 15.5 Å². The lowest BCUT2D eigenvalue weighted by molar-refractivity contribution is 0.101. The number of aromatic nitrogens is 4.